The highest BCUT2D eigenvalue weighted by Gasteiger charge is 2.62. The molecule has 0 aromatic heterocycles. The van der Waals surface area contributed by atoms with Crippen molar-refractivity contribution < 1.29 is 19.4 Å². The lowest BCUT2D eigenvalue weighted by atomic mass is 9.52. The van der Waals surface area contributed by atoms with Gasteiger partial charge in [0.2, 0.25) is 11.4 Å². The summed E-state index contributed by atoms with van der Waals surface area (Å²) in [6.45, 7) is 11.9. The van der Waals surface area contributed by atoms with E-state index in [1.807, 2.05) is 0 Å². The zero-order chi connectivity index (χ0) is 24.1. The molecule has 4 aliphatic rings. The number of esters is 1. The fraction of sp³-hybridized carbons (Fsp3) is 0.793. The second-order valence-corrected chi connectivity index (χ2v) is 12.1. The average molecular weight is 457 g/mol. The van der Waals surface area contributed by atoms with Crippen LogP contribution in [0.3, 0.4) is 0 Å². The Morgan fingerprint density at radius 1 is 1.21 bits per heavy atom. The van der Waals surface area contributed by atoms with Crippen molar-refractivity contribution in [2.75, 3.05) is 7.11 Å². The van der Waals surface area contributed by atoms with E-state index in [-0.39, 0.29) is 12.3 Å². The van der Waals surface area contributed by atoms with E-state index in [0.29, 0.717) is 52.4 Å². The fourth-order valence-corrected chi connectivity index (χ4v) is 8.50. The van der Waals surface area contributed by atoms with Crippen LogP contribution in [0, 0.1) is 52.8 Å². The highest BCUT2D eigenvalue weighted by Crippen LogP contribution is 2.65. The molecule has 4 heteroatoms. The van der Waals surface area contributed by atoms with E-state index in [0.717, 1.165) is 12.8 Å². The van der Waals surface area contributed by atoms with E-state index in [1.165, 1.54) is 32.8 Å². The number of allylic oxidation sites excluding steroid dienone is 3. The molecule has 0 bridgehead atoms. The van der Waals surface area contributed by atoms with Crippen molar-refractivity contribution >= 4 is 11.8 Å². The third-order valence-electron chi connectivity index (χ3n) is 10.4. The first-order valence-corrected chi connectivity index (χ1v) is 13.3. The first kappa shape index (κ1) is 24.7. The Balaban J connectivity index is 1.52. The predicted octanol–water partition coefficient (Wildman–Crippen LogP) is 5.74. The van der Waals surface area contributed by atoms with E-state index >= 15 is 0 Å². The summed E-state index contributed by atoms with van der Waals surface area (Å²) in [4.78, 5) is 25.2. The summed E-state index contributed by atoms with van der Waals surface area (Å²) in [5, 5.41) is 10.9. The Kier molecular flexibility index (Phi) is 6.72. The Labute approximate surface area is 200 Å². The largest absolute Gasteiger partial charge is 0.467 e. The van der Waals surface area contributed by atoms with Gasteiger partial charge in [-0.05, 0) is 96.9 Å². The minimum atomic E-state index is -1.98. The maximum absolute atomic E-state index is 12.9. The van der Waals surface area contributed by atoms with Gasteiger partial charge in [0.1, 0.15) is 0 Å². The Morgan fingerprint density at radius 2 is 1.94 bits per heavy atom. The number of rotatable bonds is 6. The summed E-state index contributed by atoms with van der Waals surface area (Å²) in [5.74, 6) is 3.00. The van der Waals surface area contributed by atoms with Gasteiger partial charge in [0.15, 0.2) is 0 Å². The maximum Gasteiger partial charge on any atom is 0.346 e. The first-order valence-electron chi connectivity index (χ1n) is 13.3. The molecule has 0 saturated heterocycles. The quantitative estimate of drug-likeness (QED) is 0.314. The summed E-state index contributed by atoms with van der Waals surface area (Å²) in [6.07, 6.45) is 14.1. The van der Waals surface area contributed by atoms with Crippen LogP contribution in [0.5, 0.6) is 0 Å². The maximum atomic E-state index is 12.9. The van der Waals surface area contributed by atoms with Crippen molar-refractivity contribution in [1.29, 1.82) is 0 Å². The molecule has 1 N–H and O–H groups in total. The van der Waals surface area contributed by atoms with Gasteiger partial charge in [-0.1, -0.05) is 52.8 Å². The fourth-order valence-electron chi connectivity index (χ4n) is 8.50. The van der Waals surface area contributed by atoms with Crippen LogP contribution in [-0.2, 0) is 14.3 Å². The zero-order valence-electron chi connectivity index (χ0n) is 21.5. The van der Waals surface area contributed by atoms with Crippen LogP contribution in [0.15, 0.2) is 23.8 Å². The van der Waals surface area contributed by atoms with Crippen molar-refractivity contribution in [3.8, 4) is 0 Å². The normalized spacial score (nSPS) is 42.0. The third-order valence-corrected chi connectivity index (χ3v) is 10.4. The SMILES string of the molecule is CC[C@H](/C=C/[C@@H](C)[C@H]1CCC2C3CC=C4C(=O)[C@](O)(C(=O)OC)CC4C3CC[C@@]21C)C(C)C. The molecule has 9 atom stereocenters. The highest BCUT2D eigenvalue weighted by molar-refractivity contribution is 6.17. The lowest BCUT2D eigenvalue weighted by molar-refractivity contribution is -0.165. The monoisotopic (exact) mass is 456 g/mol. The molecular formula is C29H44O4. The topological polar surface area (TPSA) is 63.6 Å². The summed E-state index contributed by atoms with van der Waals surface area (Å²) < 4.78 is 4.79. The molecule has 4 rings (SSSR count). The van der Waals surface area contributed by atoms with Gasteiger partial charge in [-0.2, -0.15) is 0 Å². The molecule has 0 amide bonds. The van der Waals surface area contributed by atoms with Gasteiger partial charge >= 0.3 is 5.97 Å². The first-order chi connectivity index (χ1) is 15.6. The van der Waals surface area contributed by atoms with Crippen LogP contribution >= 0.6 is 0 Å². The Morgan fingerprint density at radius 3 is 2.58 bits per heavy atom. The van der Waals surface area contributed by atoms with E-state index in [1.54, 1.807) is 0 Å². The van der Waals surface area contributed by atoms with Crippen molar-refractivity contribution in [1.82, 2.24) is 0 Å². The molecule has 0 heterocycles. The number of hydrogen-bond donors (Lipinski definition) is 1. The number of hydrogen-bond acceptors (Lipinski definition) is 4. The molecular weight excluding hydrogens is 412 g/mol. The second-order valence-electron chi connectivity index (χ2n) is 12.1. The Bertz CT molecular complexity index is 841. The van der Waals surface area contributed by atoms with Crippen molar-refractivity contribution in [2.24, 2.45) is 52.8 Å². The van der Waals surface area contributed by atoms with E-state index < -0.39 is 17.4 Å². The smallest absolute Gasteiger partial charge is 0.346 e. The van der Waals surface area contributed by atoms with Crippen LogP contribution in [0.1, 0.15) is 79.6 Å². The number of aliphatic hydroxyl groups is 1. The lowest BCUT2D eigenvalue weighted by Gasteiger charge is -2.52. The van der Waals surface area contributed by atoms with Crippen LogP contribution in [0.2, 0.25) is 0 Å². The average Bonchev–Trinajstić information content (AvgIpc) is 3.28. The third kappa shape index (κ3) is 3.85. The molecule has 4 aliphatic carbocycles. The number of Topliss-reactive ketones (excluding diaryl/α,β-unsaturated/α-hetero) is 1. The van der Waals surface area contributed by atoms with Gasteiger partial charge in [-0.25, -0.2) is 4.79 Å². The molecule has 0 aromatic rings. The van der Waals surface area contributed by atoms with Gasteiger partial charge in [0.25, 0.3) is 0 Å². The van der Waals surface area contributed by atoms with Crippen LogP contribution in [-0.4, -0.2) is 29.6 Å². The number of ether oxygens (including phenoxy) is 1. The summed E-state index contributed by atoms with van der Waals surface area (Å²) in [6, 6.07) is 0. The number of fused-ring (bicyclic) bond motifs is 5. The standard InChI is InChI=1S/C29H44O4/c1-7-19(17(2)3)9-8-18(4)24-12-13-25-21-10-11-22-23(20(21)14-15-28(24,25)5)16-29(32,26(22)30)27(31)33-6/h8-9,11,17-21,23-25,32H,7,10,12-16H2,1-6H3/b9-8+/t18-,19-,20?,21?,23?,24-,25?,28-,29+/m1/s1. The molecule has 4 unspecified atom stereocenters. The summed E-state index contributed by atoms with van der Waals surface area (Å²) >= 11 is 0. The van der Waals surface area contributed by atoms with Crippen LogP contribution < -0.4 is 0 Å². The van der Waals surface area contributed by atoms with Gasteiger partial charge in [0.05, 0.1) is 7.11 Å². The molecule has 0 aromatic carbocycles. The number of ketones is 1. The van der Waals surface area contributed by atoms with Crippen molar-refractivity contribution in [2.45, 2.75) is 85.2 Å². The van der Waals surface area contributed by atoms with E-state index in [2.05, 4.69) is 52.8 Å². The van der Waals surface area contributed by atoms with Crippen molar-refractivity contribution in [3.63, 3.8) is 0 Å². The number of methoxy groups -OCH3 is 1. The Hall–Kier alpha value is -1.42. The van der Waals surface area contributed by atoms with Crippen LogP contribution in [0.4, 0.5) is 0 Å². The number of carbonyl (C=O) groups is 2. The summed E-state index contributed by atoms with van der Waals surface area (Å²) in [5.41, 5.74) is -0.959. The highest BCUT2D eigenvalue weighted by atomic mass is 16.5. The molecule has 3 saturated carbocycles. The second kappa shape index (κ2) is 8.98. The molecule has 0 aliphatic heterocycles. The molecule has 4 nitrogen and oxygen atoms in total. The lowest BCUT2D eigenvalue weighted by Crippen LogP contribution is -2.46. The molecule has 184 valence electrons. The molecule has 33 heavy (non-hydrogen) atoms. The minimum absolute atomic E-state index is 0.00220. The minimum Gasteiger partial charge on any atom is -0.467 e. The van der Waals surface area contributed by atoms with Gasteiger partial charge in [-0.3, -0.25) is 4.79 Å². The molecule has 0 spiro atoms. The van der Waals surface area contributed by atoms with Crippen molar-refractivity contribution in [3.05, 3.63) is 23.8 Å². The van der Waals surface area contributed by atoms with E-state index in [4.69, 9.17) is 4.74 Å². The molecule has 3 fully saturated rings. The van der Waals surface area contributed by atoms with Crippen LogP contribution in [0.25, 0.3) is 0 Å². The van der Waals surface area contributed by atoms with Gasteiger partial charge in [-0.15, -0.1) is 0 Å². The van der Waals surface area contributed by atoms with E-state index in [9.17, 15) is 14.7 Å². The zero-order valence-corrected chi connectivity index (χ0v) is 21.5. The number of carbonyl (C=O) groups excluding carboxylic acids is 2. The summed E-state index contributed by atoms with van der Waals surface area (Å²) in [7, 11) is 1.25. The van der Waals surface area contributed by atoms with Gasteiger partial charge < -0.3 is 9.84 Å². The van der Waals surface area contributed by atoms with Gasteiger partial charge in [0, 0.05) is 6.42 Å². The molecule has 0 radical (unpaired) electrons. The predicted molar refractivity (Wildman–Crippen MR) is 130 cm³/mol.